The van der Waals surface area contributed by atoms with Gasteiger partial charge in [0, 0.05) is 18.0 Å². The topological polar surface area (TPSA) is 42.2 Å². The molecule has 0 aliphatic heterocycles. The maximum atomic E-state index is 11.2. The van der Waals surface area contributed by atoms with E-state index in [9.17, 15) is 9.90 Å². The zero-order chi connectivity index (χ0) is 12.9. The van der Waals surface area contributed by atoms with Gasteiger partial charge in [0.2, 0.25) is 0 Å². The highest BCUT2D eigenvalue weighted by Crippen LogP contribution is 2.33. The number of carbonyl (C=O) groups is 1. The Morgan fingerprint density at radius 1 is 1.22 bits per heavy atom. The monoisotopic (exact) mass is 243 g/mol. The first kappa shape index (κ1) is 11.3. The molecule has 18 heavy (non-hydrogen) atoms. The minimum Gasteiger partial charge on any atom is -0.477 e. The van der Waals surface area contributed by atoms with Crippen LogP contribution in [0.3, 0.4) is 0 Å². The van der Waals surface area contributed by atoms with Gasteiger partial charge in [-0.05, 0) is 61.4 Å². The summed E-state index contributed by atoms with van der Waals surface area (Å²) in [6.07, 6.45) is 4.67. The van der Waals surface area contributed by atoms with Crippen molar-refractivity contribution in [2.24, 2.45) is 7.05 Å². The number of benzene rings is 1. The minimum absolute atomic E-state index is 0.378. The van der Waals surface area contributed by atoms with Crippen LogP contribution in [0.2, 0.25) is 0 Å². The summed E-state index contributed by atoms with van der Waals surface area (Å²) >= 11 is 0. The van der Waals surface area contributed by atoms with Gasteiger partial charge in [0.05, 0.1) is 0 Å². The lowest BCUT2D eigenvalue weighted by molar-refractivity contribution is 0.0687. The number of aryl methyl sites for hydroxylation is 3. The van der Waals surface area contributed by atoms with Crippen LogP contribution in [0, 0.1) is 6.92 Å². The summed E-state index contributed by atoms with van der Waals surface area (Å²) in [5, 5.41) is 10.4. The molecule has 0 fully saturated rings. The lowest BCUT2D eigenvalue weighted by atomic mass is 9.86. The number of fused-ring (bicyclic) bond motifs is 3. The van der Waals surface area contributed by atoms with Crippen molar-refractivity contribution in [2.45, 2.75) is 32.6 Å². The molecule has 3 rings (SSSR count). The van der Waals surface area contributed by atoms with Gasteiger partial charge < -0.3 is 9.67 Å². The molecule has 0 radical (unpaired) electrons. The van der Waals surface area contributed by atoms with Crippen LogP contribution in [0.15, 0.2) is 12.1 Å². The third kappa shape index (κ3) is 1.47. The van der Waals surface area contributed by atoms with Gasteiger partial charge in [0.15, 0.2) is 0 Å². The predicted octanol–water partition coefficient (Wildman–Crippen LogP) is 3.06. The van der Waals surface area contributed by atoms with E-state index in [2.05, 4.69) is 13.0 Å². The molecule has 3 heteroatoms. The molecular formula is C15H17NO2. The van der Waals surface area contributed by atoms with Crippen LogP contribution < -0.4 is 0 Å². The SMILES string of the molecule is Cc1cc2c(cc(C(=O)O)n2C)c2c1CCCC2. The van der Waals surface area contributed by atoms with Crippen LogP contribution in [0.5, 0.6) is 0 Å². The van der Waals surface area contributed by atoms with E-state index in [0.29, 0.717) is 5.69 Å². The Bertz CT molecular complexity index is 652. The molecule has 1 N–H and O–H groups in total. The van der Waals surface area contributed by atoms with Gasteiger partial charge in [0.1, 0.15) is 5.69 Å². The van der Waals surface area contributed by atoms with Gasteiger partial charge in [-0.15, -0.1) is 0 Å². The maximum absolute atomic E-state index is 11.2. The Labute approximate surface area is 106 Å². The Kier molecular flexibility index (Phi) is 2.44. The molecule has 0 atom stereocenters. The second kappa shape index (κ2) is 3.87. The standard InChI is InChI=1S/C15H17NO2/c1-9-7-13-12(8-14(15(17)18)16(13)2)11-6-4-3-5-10(9)11/h7-8H,3-6H2,1-2H3,(H,17,18). The average Bonchev–Trinajstić information content (AvgIpc) is 2.68. The summed E-state index contributed by atoms with van der Waals surface area (Å²) in [4.78, 5) is 11.2. The smallest absolute Gasteiger partial charge is 0.352 e. The van der Waals surface area contributed by atoms with E-state index in [-0.39, 0.29) is 0 Å². The van der Waals surface area contributed by atoms with Crippen LogP contribution in [0.25, 0.3) is 10.9 Å². The van der Waals surface area contributed by atoms with Gasteiger partial charge >= 0.3 is 5.97 Å². The molecule has 0 saturated heterocycles. The molecule has 1 aromatic carbocycles. The third-order valence-corrected chi connectivity index (χ3v) is 4.12. The third-order valence-electron chi connectivity index (χ3n) is 4.12. The van der Waals surface area contributed by atoms with Crippen molar-refractivity contribution in [1.29, 1.82) is 0 Å². The molecule has 0 bridgehead atoms. The highest BCUT2D eigenvalue weighted by Gasteiger charge is 2.19. The molecule has 1 aromatic heterocycles. The number of carboxylic acid groups (broad SMARTS) is 1. The quantitative estimate of drug-likeness (QED) is 0.836. The van der Waals surface area contributed by atoms with Crippen molar-refractivity contribution in [3.05, 3.63) is 34.5 Å². The fourth-order valence-corrected chi connectivity index (χ4v) is 3.17. The zero-order valence-corrected chi connectivity index (χ0v) is 10.8. The number of rotatable bonds is 1. The fraction of sp³-hybridized carbons (Fsp3) is 0.400. The van der Waals surface area contributed by atoms with Gasteiger partial charge in [-0.2, -0.15) is 0 Å². The summed E-state index contributed by atoms with van der Waals surface area (Å²) in [5.41, 5.74) is 5.54. The van der Waals surface area contributed by atoms with E-state index in [1.165, 1.54) is 29.5 Å². The van der Waals surface area contributed by atoms with Crippen molar-refractivity contribution in [3.8, 4) is 0 Å². The first-order valence-corrected chi connectivity index (χ1v) is 6.43. The molecule has 94 valence electrons. The number of aromatic carboxylic acids is 1. The van der Waals surface area contributed by atoms with Crippen LogP contribution in [0.4, 0.5) is 0 Å². The fourth-order valence-electron chi connectivity index (χ4n) is 3.17. The van der Waals surface area contributed by atoms with E-state index in [0.717, 1.165) is 23.7 Å². The van der Waals surface area contributed by atoms with Crippen molar-refractivity contribution in [2.75, 3.05) is 0 Å². The lowest BCUT2D eigenvalue weighted by Crippen LogP contribution is -2.06. The Balaban J connectivity index is 2.38. The molecule has 2 aromatic rings. The van der Waals surface area contributed by atoms with Crippen LogP contribution in [0.1, 0.15) is 40.0 Å². The maximum Gasteiger partial charge on any atom is 0.352 e. The van der Waals surface area contributed by atoms with E-state index in [1.54, 1.807) is 4.57 Å². The number of nitrogens with zero attached hydrogens (tertiary/aromatic N) is 1. The van der Waals surface area contributed by atoms with Crippen molar-refractivity contribution in [3.63, 3.8) is 0 Å². The van der Waals surface area contributed by atoms with Crippen LogP contribution in [-0.2, 0) is 19.9 Å². The van der Waals surface area contributed by atoms with Crippen LogP contribution >= 0.6 is 0 Å². The molecule has 0 spiro atoms. The lowest BCUT2D eigenvalue weighted by Gasteiger charge is -2.19. The highest BCUT2D eigenvalue weighted by molar-refractivity contribution is 5.96. The summed E-state index contributed by atoms with van der Waals surface area (Å²) < 4.78 is 1.79. The van der Waals surface area contributed by atoms with Gasteiger partial charge in [-0.25, -0.2) is 4.79 Å². The molecule has 1 heterocycles. The molecule has 0 unspecified atom stereocenters. The van der Waals surface area contributed by atoms with Gasteiger partial charge in [0.25, 0.3) is 0 Å². The molecule has 0 amide bonds. The summed E-state index contributed by atoms with van der Waals surface area (Å²) in [7, 11) is 1.83. The second-order valence-electron chi connectivity index (χ2n) is 5.18. The first-order chi connectivity index (χ1) is 8.59. The van der Waals surface area contributed by atoms with Crippen molar-refractivity contribution >= 4 is 16.9 Å². The highest BCUT2D eigenvalue weighted by atomic mass is 16.4. The molecule has 1 aliphatic carbocycles. The van der Waals surface area contributed by atoms with E-state index in [1.807, 2.05) is 13.1 Å². The Morgan fingerprint density at radius 3 is 2.56 bits per heavy atom. The largest absolute Gasteiger partial charge is 0.477 e. The summed E-state index contributed by atoms with van der Waals surface area (Å²) in [5.74, 6) is -0.851. The number of hydrogen-bond acceptors (Lipinski definition) is 1. The van der Waals surface area contributed by atoms with E-state index in [4.69, 9.17) is 0 Å². The van der Waals surface area contributed by atoms with Crippen LogP contribution in [-0.4, -0.2) is 15.6 Å². The zero-order valence-electron chi connectivity index (χ0n) is 10.8. The molecule has 1 aliphatic rings. The molecular weight excluding hydrogens is 226 g/mol. The summed E-state index contributed by atoms with van der Waals surface area (Å²) in [6.45, 7) is 2.14. The predicted molar refractivity (Wildman–Crippen MR) is 71.3 cm³/mol. The number of aromatic nitrogens is 1. The normalized spacial score (nSPS) is 14.8. The summed E-state index contributed by atoms with van der Waals surface area (Å²) in [6, 6.07) is 3.97. The Morgan fingerprint density at radius 2 is 1.89 bits per heavy atom. The number of hydrogen-bond donors (Lipinski definition) is 1. The molecule has 3 nitrogen and oxygen atoms in total. The average molecular weight is 243 g/mol. The Hall–Kier alpha value is -1.77. The number of carboxylic acids is 1. The molecule has 0 saturated carbocycles. The van der Waals surface area contributed by atoms with Gasteiger partial charge in [-0.3, -0.25) is 0 Å². The van der Waals surface area contributed by atoms with Gasteiger partial charge in [-0.1, -0.05) is 0 Å². The first-order valence-electron chi connectivity index (χ1n) is 6.43. The van der Waals surface area contributed by atoms with E-state index >= 15 is 0 Å². The second-order valence-corrected chi connectivity index (χ2v) is 5.18. The van der Waals surface area contributed by atoms with E-state index < -0.39 is 5.97 Å². The van der Waals surface area contributed by atoms with Crippen molar-refractivity contribution in [1.82, 2.24) is 4.57 Å². The van der Waals surface area contributed by atoms with Crippen molar-refractivity contribution < 1.29 is 9.90 Å². The minimum atomic E-state index is -0.851.